The third-order valence-electron chi connectivity index (χ3n) is 5.20. The molecule has 1 aromatic carbocycles. The minimum absolute atomic E-state index is 0.186. The molecule has 0 aliphatic carbocycles. The highest BCUT2D eigenvalue weighted by atomic mass is 32.2. The van der Waals surface area contributed by atoms with E-state index in [1.54, 1.807) is 36.5 Å². The van der Waals surface area contributed by atoms with E-state index in [0.29, 0.717) is 62.8 Å². The van der Waals surface area contributed by atoms with Crippen molar-refractivity contribution in [2.45, 2.75) is 31.6 Å². The van der Waals surface area contributed by atoms with Crippen LogP contribution in [0.3, 0.4) is 0 Å². The number of carbonyl (C=O) groups is 1. The zero-order chi connectivity index (χ0) is 22.3. The summed E-state index contributed by atoms with van der Waals surface area (Å²) < 4.78 is 38.0. The van der Waals surface area contributed by atoms with Crippen molar-refractivity contribution in [1.29, 1.82) is 0 Å². The first-order valence-electron chi connectivity index (χ1n) is 10.5. The first-order chi connectivity index (χ1) is 15.0. The quantitative estimate of drug-likeness (QED) is 0.635. The summed E-state index contributed by atoms with van der Waals surface area (Å²) >= 11 is 0. The largest absolute Gasteiger partial charge is 0.490 e. The fraction of sp³-hybridized carbons (Fsp3) is 0.455. The second-order valence-electron chi connectivity index (χ2n) is 7.27. The molecule has 0 unspecified atom stereocenters. The van der Waals surface area contributed by atoms with Gasteiger partial charge >= 0.3 is 0 Å². The minimum Gasteiger partial charge on any atom is -0.490 e. The van der Waals surface area contributed by atoms with Crippen LogP contribution in [0, 0.1) is 5.92 Å². The Morgan fingerprint density at radius 2 is 1.84 bits per heavy atom. The average Bonchev–Trinajstić information content (AvgIpc) is 2.80. The number of aromatic nitrogens is 1. The molecule has 0 atom stereocenters. The van der Waals surface area contributed by atoms with Crippen LogP contribution in [-0.2, 0) is 10.0 Å². The fourth-order valence-electron chi connectivity index (χ4n) is 3.53. The molecule has 3 rings (SSSR count). The van der Waals surface area contributed by atoms with Gasteiger partial charge in [0.1, 0.15) is 4.90 Å². The molecule has 2 heterocycles. The molecule has 8 nitrogen and oxygen atoms in total. The lowest BCUT2D eigenvalue weighted by Crippen LogP contribution is -2.41. The van der Waals surface area contributed by atoms with Crippen molar-refractivity contribution >= 4 is 15.9 Å². The third-order valence-corrected chi connectivity index (χ3v) is 7.08. The van der Waals surface area contributed by atoms with Crippen molar-refractivity contribution < 1.29 is 22.7 Å². The van der Waals surface area contributed by atoms with Crippen molar-refractivity contribution in [3.63, 3.8) is 0 Å². The summed E-state index contributed by atoms with van der Waals surface area (Å²) in [5, 5.41) is 2.96. The molecular formula is C22H29N3O5S. The summed E-state index contributed by atoms with van der Waals surface area (Å²) in [7, 11) is -3.52. The van der Waals surface area contributed by atoms with Gasteiger partial charge < -0.3 is 14.8 Å². The predicted octanol–water partition coefficient (Wildman–Crippen LogP) is 2.71. The fourth-order valence-corrected chi connectivity index (χ4v) is 4.97. The lowest BCUT2D eigenvalue weighted by atomic mass is 9.98. The van der Waals surface area contributed by atoms with E-state index in [1.165, 1.54) is 10.5 Å². The molecule has 1 aliphatic heterocycles. The van der Waals surface area contributed by atoms with E-state index in [9.17, 15) is 13.2 Å². The van der Waals surface area contributed by atoms with E-state index in [-0.39, 0.29) is 16.7 Å². The molecular weight excluding hydrogens is 418 g/mol. The number of rotatable bonds is 9. The second-order valence-corrected chi connectivity index (χ2v) is 9.21. The summed E-state index contributed by atoms with van der Waals surface area (Å²) in [5.41, 5.74) is 0.503. The van der Waals surface area contributed by atoms with Gasteiger partial charge in [-0.05, 0) is 62.9 Å². The zero-order valence-corrected chi connectivity index (χ0v) is 18.7. The molecule has 168 valence electrons. The number of nitrogens with one attached hydrogen (secondary N) is 1. The van der Waals surface area contributed by atoms with Crippen LogP contribution in [0.15, 0.2) is 47.6 Å². The van der Waals surface area contributed by atoms with E-state index in [2.05, 4.69) is 10.3 Å². The molecule has 31 heavy (non-hydrogen) atoms. The van der Waals surface area contributed by atoms with Crippen LogP contribution in [0.4, 0.5) is 0 Å². The Morgan fingerprint density at radius 3 is 2.48 bits per heavy atom. The maximum absolute atomic E-state index is 12.7. The monoisotopic (exact) mass is 447 g/mol. The van der Waals surface area contributed by atoms with Crippen LogP contribution in [0.1, 0.15) is 37.0 Å². The van der Waals surface area contributed by atoms with Crippen LogP contribution in [0.25, 0.3) is 0 Å². The molecule has 1 amide bonds. The number of nitrogens with zero attached hydrogens (tertiary/aromatic N) is 2. The van der Waals surface area contributed by atoms with Crippen molar-refractivity contribution in [3.05, 3.63) is 48.3 Å². The van der Waals surface area contributed by atoms with Crippen LogP contribution in [0.5, 0.6) is 11.5 Å². The zero-order valence-electron chi connectivity index (χ0n) is 17.9. The SMILES string of the molecule is CCOc1ccc(C(=O)NCC2CCN(S(=O)(=O)c3cccnc3)CC2)cc1OCC. The lowest BCUT2D eigenvalue weighted by Gasteiger charge is -2.31. The predicted molar refractivity (Wildman–Crippen MR) is 117 cm³/mol. The van der Waals surface area contributed by atoms with E-state index >= 15 is 0 Å². The molecule has 1 N–H and O–H groups in total. The van der Waals surface area contributed by atoms with E-state index < -0.39 is 10.0 Å². The Labute approximate surface area is 183 Å². The molecule has 1 aromatic heterocycles. The van der Waals surface area contributed by atoms with Gasteiger partial charge in [-0.15, -0.1) is 0 Å². The van der Waals surface area contributed by atoms with E-state index in [1.807, 2.05) is 13.8 Å². The smallest absolute Gasteiger partial charge is 0.251 e. The molecule has 2 aromatic rings. The van der Waals surface area contributed by atoms with Crippen molar-refractivity contribution in [1.82, 2.24) is 14.6 Å². The molecule has 0 radical (unpaired) electrons. The van der Waals surface area contributed by atoms with Gasteiger partial charge in [-0.1, -0.05) is 0 Å². The third kappa shape index (κ3) is 5.74. The number of carbonyl (C=O) groups excluding carboxylic acids is 1. The molecule has 0 bridgehead atoms. The summed E-state index contributed by atoms with van der Waals surface area (Å²) in [6.07, 6.45) is 4.30. The summed E-state index contributed by atoms with van der Waals surface area (Å²) in [6, 6.07) is 8.32. The average molecular weight is 448 g/mol. The molecule has 1 aliphatic rings. The normalized spacial score (nSPS) is 15.4. The number of hydrogen-bond donors (Lipinski definition) is 1. The van der Waals surface area contributed by atoms with Gasteiger partial charge in [0.15, 0.2) is 11.5 Å². The Morgan fingerprint density at radius 1 is 1.13 bits per heavy atom. The first kappa shape index (κ1) is 23.0. The number of piperidine rings is 1. The van der Waals surface area contributed by atoms with Gasteiger partial charge in [-0.25, -0.2) is 8.42 Å². The highest BCUT2D eigenvalue weighted by Crippen LogP contribution is 2.29. The van der Waals surface area contributed by atoms with E-state index in [0.717, 1.165) is 0 Å². The molecule has 9 heteroatoms. The molecule has 1 saturated heterocycles. The highest BCUT2D eigenvalue weighted by Gasteiger charge is 2.29. The van der Waals surface area contributed by atoms with Gasteiger partial charge in [0.05, 0.1) is 13.2 Å². The Kier molecular flexibility index (Phi) is 7.86. The van der Waals surface area contributed by atoms with Crippen LogP contribution >= 0.6 is 0 Å². The lowest BCUT2D eigenvalue weighted by molar-refractivity contribution is 0.0941. The highest BCUT2D eigenvalue weighted by molar-refractivity contribution is 7.89. The first-order valence-corrected chi connectivity index (χ1v) is 12.0. The number of ether oxygens (including phenoxy) is 2. The summed E-state index contributed by atoms with van der Waals surface area (Å²) in [4.78, 5) is 16.7. The number of sulfonamides is 1. The Bertz CT molecular complexity index is 974. The van der Waals surface area contributed by atoms with Crippen LogP contribution in [0.2, 0.25) is 0 Å². The molecule has 1 fully saturated rings. The second kappa shape index (κ2) is 10.6. The Hall–Kier alpha value is -2.65. The maximum atomic E-state index is 12.7. The van der Waals surface area contributed by atoms with Gasteiger partial charge in [0.2, 0.25) is 10.0 Å². The van der Waals surface area contributed by atoms with Crippen molar-refractivity contribution in [3.8, 4) is 11.5 Å². The number of pyridine rings is 1. The van der Waals surface area contributed by atoms with Gasteiger partial charge in [-0.3, -0.25) is 9.78 Å². The van der Waals surface area contributed by atoms with Crippen molar-refractivity contribution in [2.24, 2.45) is 5.92 Å². The number of benzene rings is 1. The van der Waals surface area contributed by atoms with Gasteiger partial charge in [-0.2, -0.15) is 4.31 Å². The molecule has 0 spiro atoms. The number of amides is 1. The van der Waals surface area contributed by atoms with Crippen molar-refractivity contribution in [2.75, 3.05) is 32.8 Å². The summed E-state index contributed by atoms with van der Waals surface area (Å²) in [5.74, 6) is 1.20. The van der Waals surface area contributed by atoms with Crippen LogP contribution in [-0.4, -0.2) is 56.5 Å². The van der Waals surface area contributed by atoms with Gasteiger partial charge in [0, 0.05) is 37.6 Å². The standard InChI is InChI=1S/C22H29N3O5S/c1-3-29-20-8-7-18(14-21(20)30-4-2)22(26)24-15-17-9-12-25(13-10-17)31(27,28)19-6-5-11-23-16-19/h5-8,11,14,16-17H,3-4,9-10,12-13,15H2,1-2H3,(H,24,26). The van der Waals surface area contributed by atoms with E-state index in [4.69, 9.17) is 9.47 Å². The number of hydrogen-bond acceptors (Lipinski definition) is 6. The van der Waals surface area contributed by atoms with Gasteiger partial charge in [0.25, 0.3) is 5.91 Å². The summed E-state index contributed by atoms with van der Waals surface area (Å²) in [6.45, 7) is 6.11. The Balaban J connectivity index is 1.54. The minimum atomic E-state index is -3.52. The molecule has 0 saturated carbocycles. The topological polar surface area (TPSA) is 97.8 Å². The van der Waals surface area contributed by atoms with Crippen LogP contribution < -0.4 is 14.8 Å². The maximum Gasteiger partial charge on any atom is 0.251 e.